The van der Waals surface area contributed by atoms with Gasteiger partial charge in [0.2, 0.25) is 0 Å². The zero-order valence-electron chi connectivity index (χ0n) is 12.5. The van der Waals surface area contributed by atoms with E-state index in [2.05, 4.69) is 19.1 Å². The number of rotatable bonds is 3. The van der Waals surface area contributed by atoms with Crippen LogP contribution in [0, 0.1) is 5.92 Å². The first kappa shape index (κ1) is 13.9. The molecule has 110 valence electrons. The van der Waals surface area contributed by atoms with E-state index in [9.17, 15) is 0 Å². The lowest BCUT2D eigenvalue weighted by Gasteiger charge is -2.50. The molecule has 2 N–H and O–H groups in total. The Bertz CT molecular complexity index is 462. The maximum Gasteiger partial charge on any atom is 0.118 e. The van der Waals surface area contributed by atoms with Crippen LogP contribution in [0.1, 0.15) is 44.6 Å². The molecular formula is C17H25NO2. The molecular weight excluding hydrogens is 250 g/mol. The summed E-state index contributed by atoms with van der Waals surface area (Å²) < 4.78 is 11.2. The second-order valence-electron chi connectivity index (χ2n) is 6.59. The highest BCUT2D eigenvalue weighted by Gasteiger charge is 2.46. The predicted octanol–water partition coefficient (Wildman–Crippen LogP) is 3.22. The summed E-state index contributed by atoms with van der Waals surface area (Å²) in [5.74, 6) is 1.37. The van der Waals surface area contributed by atoms with E-state index in [1.807, 2.05) is 12.1 Å². The van der Waals surface area contributed by atoms with Gasteiger partial charge in [0.05, 0.1) is 12.7 Å². The first-order valence-electron chi connectivity index (χ1n) is 7.63. The monoisotopic (exact) mass is 275 g/mol. The van der Waals surface area contributed by atoms with Crippen molar-refractivity contribution in [3.63, 3.8) is 0 Å². The van der Waals surface area contributed by atoms with E-state index in [0.29, 0.717) is 5.92 Å². The van der Waals surface area contributed by atoms with Gasteiger partial charge in [0.15, 0.2) is 0 Å². The van der Waals surface area contributed by atoms with Gasteiger partial charge >= 0.3 is 0 Å². The standard InChI is InChI=1S/C17H25NO2/c1-16(18,13-4-6-15(19-2)7-5-13)14-8-11-20-17(12-14)9-3-10-17/h4-7,14H,3,8-12,18H2,1-2H3. The van der Waals surface area contributed by atoms with Crippen molar-refractivity contribution in [2.45, 2.75) is 50.2 Å². The van der Waals surface area contributed by atoms with Crippen molar-refractivity contribution in [2.24, 2.45) is 11.7 Å². The fraction of sp³-hybridized carbons (Fsp3) is 0.647. The summed E-state index contributed by atoms with van der Waals surface area (Å²) in [4.78, 5) is 0. The molecule has 20 heavy (non-hydrogen) atoms. The van der Waals surface area contributed by atoms with Crippen LogP contribution in [-0.2, 0) is 10.3 Å². The number of hydrogen-bond donors (Lipinski definition) is 1. The Balaban J connectivity index is 1.78. The fourth-order valence-corrected chi connectivity index (χ4v) is 3.65. The van der Waals surface area contributed by atoms with Crippen LogP contribution in [0.3, 0.4) is 0 Å². The minimum absolute atomic E-state index is 0.149. The Hall–Kier alpha value is -1.06. The van der Waals surface area contributed by atoms with Crippen LogP contribution in [0.2, 0.25) is 0 Å². The van der Waals surface area contributed by atoms with Gasteiger partial charge in [-0.05, 0) is 62.6 Å². The molecule has 0 radical (unpaired) electrons. The molecule has 0 amide bonds. The van der Waals surface area contributed by atoms with Gasteiger partial charge in [-0.2, -0.15) is 0 Å². The summed E-state index contributed by atoms with van der Waals surface area (Å²) in [6.45, 7) is 3.02. The molecule has 0 aromatic heterocycles. The highest BCUT2D eigenvalue weighted by molar-refractivity contribution is 5.32. The Kier molecular flexibility index (Phi) is 3.51. The molecule has 1 spiro atoms. The van der Waals surface area contributed by atoms with E-state index >= 15 is 0 Å². The predicted molar refractivity (Wildman–Crippen MR) is 79.8 cm³/mol. The van der Waals surface area contributed by atoms with Crippen LogP contribution in [0.15, 0.2) is 24.3 Å². The van der Waals surface area contributed by atoms with Crippen molar-refractivity contribution in [1.29, 1.82) is 0 Å². The third-order valence-corrected chi connectivity index (χ3v) is 5.32. The van der Waals surface area contributed by atoms with Gasteiger partial charge in [0.1, 0.15) is 5.75 Å². The smallest absolute Gasteiger partial charge is 0.118 e. The number of hydrogen-bond acceptors (Lipinski definition) is 3. The van der Waals surface area contributed by atoms with Gasteiger partial charge in [-0.1, -0.05) is 12.1 Å². The molecule has 2 aliphatic rings. The fourth-order valence-electron chi connectivity index (χ4n) is 3.65. The number of nitrogens with two attached hydrogens (primary N) is 1. The third kappa shape index (κ3) is 2.33. The average Bonchev–Trinajstić information content (AvgIpc) is 2.46. The third-order valence-electron chi connectivity index (χ3n) is 5.32. The Labute approximate surface area is 121 Å². The van der Waals surface area contributed by atoms with Crippen LogP contribution in [0.4, 0.5) is 0 Å². The van der Waals surface area contributed by atoms with Gasteiger partial charge in [-0.25, -0.2) is 0 Å². The van der Waals surface area contributed by atoms with Gasteiger partial charge in [-0.3, -0.25) is 0 Å². The van der Waals surface area contributed by atoms with E-state index in [0.717, 1.165) is 25.2 Å². The molecule has 3 nitrogen and oxygen atoms in total. The lowest BCUT2D eigenvalue weighted by atomic mass is 9.66. The van der Waals surface area contributed by atoms with Crippen LogP contribution in [0.25, 0.3) is 0 Å². The van der Waals surface area contributed by atoms with Gasteiger partial charge in [0.25, 0.3) is 0 Å². The Morgan fingerprint density at radius 1 is 1.30 bits per heavy atom. The quantitative estimate of drug-likeness (QED) is 0.921. The Morgan fingerprint density at radius 2 is 2.00 bits per heavy atom. The molecule has 1 aromatic rings. The summed E-state index contributed by atoms with van der Waals surface area (Å²) in [6, 6.07) is 8.20. The highest BCUT2D eigenvalue weighted by atomic mass is 16.5. The normalized spacial score (nSPS) is 27.6. The molecule has 2 fully saturated rings. The van der Waals surface area contributed by atoms with Gasteiger partial charge in [0, 0.05) is 12.1 Å². The molecule has 0 bridgehead atoms. The molecule has 1 aliphatic heterocycles. The van der Waals surface area contributed by atoms with Crippen molar-refractivity contribution >= 4 is 0 Å². The SMILES string of the molecule is COc1ccc(C(C)(N)C2CCOC3(CCC3)C2)cc1. The maximum absolute atomic E-state index is 6.71. The van der Waals surface area contributed by atoms with E-state index in [1.165, 1.54) is 24.8 Å². The van der Waals surface area contributed by atoms with Crippen LogP contribution in [0.5, 0.6) is 5.75 Å². The lowest BCUT2D eigenvalue weighted by Crippen LogP contribution is -2.52. The van der Waals surface area contributed by atoms with E-state index in [4.69, 9.17) is 15.2 Å². The number of benzene rings is 1. The lowest BCUT2D eigenvalue weighted by molar-refractivity contribution is -0.151. The second-order valence-corrected chi connectivity index (χ2v) is 6.59. The summed E-state index contributed by atoms with van der Waals surface area (Å²) in [5, 5.41) is 0. The second kappa shape index (κ2) is 5.05. The maximum atomic E-state index is 6.71. The molecule has 3 heteroatoms. The largest absolute Gasteiger partial charge is 0.497 e. The van der Waals surface area contributed by atoms with E-state index in [1.54, 1.807) is 7.11 Å². The summed E-state index contributed by atoms with van der Waals surface area (Å²) in [7, 11) is 1.69. The molecule has 1 aliphatic carbocycles. The van der Waals surface area contributed by atoms with E-state index in [-0.39, 0.29) is 11.1 Å². The topological polar surface area (TPSA) is 44.5 Å². The minimum Gasteiger partial charge on any atom is -0.497 e. The van der Waals surface area contributed by atoms with Crippen molar-refractivity contribution in [3.8, 4) is 5.75 Å². The van der Waals surface area contributed by atoms with Crippen LogP contribution < -0.4 is 10.5 Å². The van der Waals surface area contributed by atoms with Gasteiger partial charge in [-0.15, -0.1) is 0 Å². The van der Waals surface area contributed by atoms with Crippen molar-refractivity contribution in [2.75, 3.05) is 13.7 Å². The van der Waals surface area contributed by atoms with Crippen molar-refractivity contribution < 1.29 is 9.47 Å². The highest BCUT2D eigenvalue weighted by Crippen LogP contribution is 2.48. The van der Waals surface area contributed by atoms with Crippen molar-refractivity contribution in [1.82, 2.24) is 0 Å². The first-order chi connectivity index (χ1) is 9.56. The summed E-state index contributed by atoms with van der Waals surface area (Å²) in [5.41, 5.74) is 7.76. The molecule has 1 aromatic carbocycles. The summed E-state index contributed by atoms with van der Waals surface area (Å²) >= 11 is 0. The number of ether oxygens (including phenoxy) is 2. The molecule has 1 heterocycles. The summed E-state index contributed by atoms with van der Waals surface area (Å²) in [6.07, 6.45) is 5.88. The minimum atomic E-state index is -0.293. The molecule has 1 saturated heterocycles. The first-order valence-corrected chi connectivity index (χ1v) is 7.63. The number of methoxy groups -OCH3 is 1. The zero-order chi connectivity index (χ0) is 14.2. The molecule has 2 atom stereocenters. The molecule has 3 rings (SSSR count). The van der Waals surface area contributed by atoms with E-state index < -0.39 is 0 Å². The average molecular weight is 275 g/mol. The van der Waals surface area contributed by atoms with Crippen LogP contribution >= 0.6 is 0 Å². The zero-order valence-corrected chi connectivity index (χ0v) is 12.5. The van der Waals surface area contributed by atoms with Gasteiger partial charge < -0.3 is 15.2 Å². The molecule has 1 saturated carbocycles. The molecule has 2 unspecified atom stereocenters. The Morgan fingerprint density at radius 3 is 2.55 bits per heavy atom. The van der Waals surface area contributed by atoms with Crippen molar-refractivity contribution in [3.05, 3.63) is 29.8 Å². The van der Waals surface area contributed by atoms with Crippen LogP contribution in [-0.4, -0.2) is 19.3 Å².